The maximum atomic E-state index is 12.6. The molecule has 2 heterocycles. The molecule has 0 unspecified atom stereocenters. The molecule has 8 nitrogen and oxygen atoms in total. The van der Waals surface area contributed by atoms with Crippen molar-refractivity contribution >= 4 is 50.8 Å². The van der Waals surface area contributed by atoms with Crippen LogP contribution < -0.4 is 10.0 Å². The SMILES string of the molecule is Cc1noc(/C=C/c2ccc(S(=O)(=O)Nc3ccc(C#N)cc3)s2)c1NC(=O)C1CC1. The van der Waals surface area contributed by atoms with Crippen LogP contribution >= 0.6 is 11.3 Å². The van der Waals surface area contributed by atoms with E-state index in [0.717, 1.165) is 24.2 Å². The Morgan fingerprint density at radius 3 is 2.65 bits per heavy atom. The van der Waals surface area contributed by atoms with E-state index in [4.69, 9.17) is 9.78 Å². The van der Waals surface area contributed by atoms with Gasteiger partial charge in [0.1, 0.15) is 15.6 Å². The predicted molar refractivity (Wildman–Crippen MR) is 118 cm³/mol. The Labute approximate surface area is 183 Å². The summed E-state index contributed by atoms with van der Waals surface area (Å²) in [5, 5.41) is 15.6. The summed E-state index contributed by atoms with van der Waals surface area (Å²) in [5.74, 6) is 0.416. The third-order valence-electron chi connectivity index (χ3n) is 4.62. The molecule has 0 atom stereocenters. The Hall–Kier alpha value is -3.42. The van der Waals surface area contributed by atoms with Gasteiger partial charge in [-0.1, -0.05) is 5.16 Å². The number of hydrogen-bond acceptors (Lipinski definition) is 7. The van der Waals surface area contributed by atoms with Gasteiger partial charge in [-0.05, 0) is 68.3 Å². The van der Waals surface area contributed by atoms with Gasteiger partial charge in [-0.3, -0.25) is 9.52 Å². The second-order valence-electron chi connectivity index (χ2n) is 7.06. The highest BCUT2D eigenvalue weighted by molar-refractivity contribution is 7.94. The molecule has 1 saturated carbocycles. The molecule has 4 rings (SSSR count). The van der Waals surface area contributed by atoms with E-state index in [1.165, 1.54) is 18.2 Å². The third kappa shape index (κ3) is 4.84. The van der Waals surface area contributed by atoms with Crippen LogP contribution in [0.5, 0.6) is 0 Å². The molecule has 0 bridgehead atoms. The summed E-state index contributed by atoms with van der Waals surface area (Å²) in [6.45, 7) is 1.74. The smallest absolute Gasteiger partial charge is 0.271 e. The molecule has 31 heavy (non-hydrogen) atoms. The molecule has 1 fully saturated rings. The number of sulfonamides is 1. The summed E-state index contributed by atoms with van der Waals surface area (Å²) >= 11 is 1.09. The maximum absolute atomic E-state index is 12.6. The average Bonchev–Trinajstić information content (AvgIpc) is 3.40. The number of nitrogens with one attached hydrogen (secondary N) is 2. The van der Waals surface area contributed by atoms with E-state index in [9.17, 15) is 13.2 Å². The van der Waals surface area contributed by atoms with Crippen molar-refractivity contribution in [3.8, 4) is 6.07 Å². The van der Waals surface area contributed by atoms with Crippen LogP contribution in [0.1, 0.15) is 34.7 Å². The number of anilines is 2. The van der Waals surface area contributed by atoms with Crippen LogP contribution in [0.15, 0.2) is 45.1 Å². The highest BCUT2D eigenvalue weighted by atomic mass is 32.2. The normalized spacial score (nSPS) is 13.8. The lowest BCUT2D eigenvalue weighted by Crippen LogP contribution is -2.14. The topological polar surface area (TPSA) is 125 Å². The number of nitriles is 1. The number of aryl methyl sites for hydroxylation is 1. The van der Waals surface area contributed by atoms with Crippen molar-refractivity contribution in [2.24, 2.45) is 5.92 Å². The van der Waals surface area contributed by atoms with Crippen LogP contribution in [-0.4, -0.2) is 19.5 Å². The molecular weight excluding hydrogens is 436 g/mol. The van der Waals surface area contributed by atoms with Crippen molar-refractivity contribution in [1.82, 2.24) is 5.16 Å². The van der Waals surface area contributed by atoms with E-state index in [2.05, 4.69) is 15.2 Å². The van der Waals surface area contributed by atoms with Crippen molar-refractivity contribution in [1.29, 1.82) is 5.26 Å². The van der Waals surface area contributed by atoms with Crippen molar-refractivity contribution in [2.45, 2.75) is 24.0 Å². The molecule has 10 heteroatoms. The number of carbonyl (C=O) groups is 1. The van der Waals surface area contributed by atoms with Gasteiger partial charge in [0, 0.05) is 16.5 Å². The van der Waals surface area contributed by atoms with Gasteiger partial charge in [0.25, 0.3) is 10.0 Å². The summed E-state index contributed by atoms with van der Waals surface area (Å²) < 4.78 is 33.2. The number of nitrogens with zero attached hydrogens (tertiary/aromatic N) is 2. The van der Waals surface area contributed by atoms with Crippen molar-refractivity contribution < 1.29 is 17.7 Å². The predicted octanol–water partition coefficient (Wildman–Crippen LogP) is 4.24. The Bertz CT molecular complexity index is 1290. The highest BCUT2D eigenvalue weighted by Crippen LogP contribution is 2.32. The minimum atomic E-state index is -3.76. The third-order valence-corrected chi connectivity index (χ3v) is 7.54. The second-order valence-corrected chi connectivity index (χ2v) is 10.1. The highest BCUT2D eigenvalue weighted by Gasteiger charge is 2.30. The van der Waals surface area contributed by atoms with Gasteiger partial charge >= 0.3 is 0 Å². The summed E-state index contributed by atoms with van der Waals surface area (Å²) in [6.07, 6.45) is 5.14. The van der Waals surface area contributed by atoms with Crippen LogP contribution in [0.25, 0.3) is 12.2 Å². The summed E-state index contributed by atoms with van der Waals surface area (Å²) in [6, 6.07) is 11.3. The van der Waals surface area contributed by atoms with E-state index in [1.807, 2.05) is 6.07 Å². The quantitative estimate of drug-likeness (QED) is 0.550. The zero-order valence-corrected chi connectivity index (χ0v) is 18.1. The lowest BCUT2D eigenvalue weighted by Gasteiger charge is -2.05. The maximum Gasteiger partial charge on any atom is 0.271 e. The number of benzene rings is 1. The average molecular weight is 455 g/mol. The van der Waals surface area contributed by atoms with E-state index in [-0.39, 0.29) is 16.0 Å². The Morgan fingerprint density at radius 1 is 1.23 bits per heavy atom. The van der Waals surface area contributed by atoms with Gasteiger partial charge in [-0.25, -0.2) is 8.42 Å². The largest absolute Gasteiger partial charge is 0.354 e. The Kier molecular flexibility index (Phi) is 5.63. The van der Waals surface area contributed by atoms with Crippen molar-refractivity contribution in [3.05, 3.63) is 58.3 Å². The van der Waals surface area contributed by atoms with Crippen LogP contribution in [0.3, 0.4) is 0 Å². The summed E-state index contributed by atoms with van der Waals surface area (Å²) in [7, 11) is -3.76. The lowest BCUT2D eigenvalue weighted by atomic mass is 10.2. The first-order valence-electron chi connectivity index (χ1n) is 9.44. The zero-order valence-electron chi connectivity index (χ0n) is 16.5. The Balaban J connectivity index is 1.48. The minimum Gasteiger partial charge on any atom is -0.354 e. The van der Waals surface area contributed by atoms with Gasteiger partial charge in [-0.15, -0.1) is 11.3 Å². The van der Waals surface area contributed by atoms with E-state index < -0.39 is 10.0 Å². The fourth-order valence-corrected chi connectivity index (χ4v) is 5.06. The molecule has 1 amide bonds. The van der Waals surface area contributed by atoms with Crippen molar-refractivity contribution in [2.75, 3.05) is 10.0 Å². The first kappa shape index (κ1) is 20.8. The molecule has 3 aromatic rings. The van der Waals surface area contributed by atoms with Gasteiger partial charge in [-0.2, -0.15) is 5.26 Å². The molecule has 0 saturated heterocycles. The first-order valence-corrected chi connectivity index (χ1v) is 11.7. The minimum absolute atomic E-state index is 0.0423. The number of thiophene rings is 1. The van der Waals surface area contributed by atoms with E-state index in [0.29, 0.717) is 33.3 Å². The van der Waals surface area contributed by atoms with Crippen LogP contribution in [0.4, 0.5) is 11.4 Å². The molecule has 1 aliphatic carbocycles. The van der Waals surface area contributed by atoms with Gasteiger partial charge < -0.3 is 9.84 Å². The summed E-state index contributed by atoms with van der Waals surface area (Å²) in [4.78, 5) is 12.7. The lowest BCUT2D eigenvalue weighted by molar-refractivity contribution is -0.117. The monoisotopic (exact) mass is 454 g/mol. The van der Waals surface area contributed by atoms with Crippen LogP contribution in [0, 0.1) is 24.2 Å². The number of aromatic nitrogens is 1. The van der Waals surface area contributed by atoms with E-state index >= 15 is 0 Å². The molecule has 2 aromatic heterocycles. The number of hydrogen-bond donors (Lipinski definition) is 2. The van der Waals surface area contributed by atoms with Gasteiger partial charge in [0.05, 0.1) is 11.6 Å². The molecule has 0 aliphatic heterocycles. The fraction of sp³-hybridized carbons (Fsp3) is 0.190. The number of rotatable bonds is 7. The molecule has 2 N–H and O–H groups in total. The number of amides is 1. The van der Waals surface area contributed by atoms with Gasteiger partial charge in [0.15, 0.2) is 5.76 Å². The van der Waals surface area contributed by atoms with E-state index in [1.54, 1.807) is 37.3 Å². The number of carbonyl (C=O) groups excluding carboxylic acids is 1. The van der Waals surface area contributed by atoms with Crippen LogP contribution in [-0.2, 0) is 14.8 Å². The molecule has 1 aliphatic rings. The standard InChI is InChI=1S/C21H18N4O4S2/c1-13-20(23-21(26)15-4-5-15)18(29-24-13)10-8-17-9-11-19(30-17)31(27,28)25-16-6-2-14(12-22)3-7-16/h2-3,6-11,15,25H,4-5H2,1H3,(H,23,26)/b10-8+. The Morgan fingerprint density at radius 2 is 1.97 bits per heavy atom. The summed E-state index contributed by atoms with van der Waals surface area (Å²) in [5.41, 5.74) is 1.93. The fourth-order valence-electron chi connectivity index (χ4n) is 2.77. The molecule has 158 valence electrons. The molecule has 0 spiro atoms. The van der Waals surface area contributed by atoms with Crippen LogP contribution in [0.2, 0.25) is 0 Å². The molecule has 1 aromatic carbocycles. The van der Waals surface area contributed by atoms with Crippen molar-refractivity contribution in [3.63, 3.8) is 0 Å². The molecular formula is C21H18N4O4S2. The van der Waals surface area contributed by atoms with Gasteiger partial charge in [0.2, 0.25) is 5.91 Å². The zero-order chi connectivity index (χ0) is 22.0. The molecule has 0 radical (unpaired) electrons. The second kappa shape index (κ2) is 8.37. The first-order chi connectivity index (χ1) is 14.9.